The number of hydrogen-bond donors (Lipinski definition) is 4. The van der Waals surface area contributed by atoms with Crippen LogP contribution in [0.3, 0.4) is 0 Å². The second kappa shape index (κ2) is 7.65. The van der Waals surface area contributed by atoms with Crippen LogP contribution in [-0.4, -0.2) is 41.5 Å². The van der Waals surface area contributed by atoms with Crippen LogP contribution < -0.4 is 15.4 Å². The zero-order valence-electron chi connectivity index (χ0n) is 13.9. The number of carbonyl (C=O) groups is 1. The molecule has 0 aliphatic rings. The molecule has 140 valence electrons. The first-order valence-corrected chi connectivity index (χ1v) is 9.76. The van der Waals surface area contributed by atoms with Gasteiger partial charge in [0.25, 0.3) is 0 Å². The molecule has 0 spiro atoms. The van der Waals surface area contributed by atoms with Crippen molar-refractivity contribution in [2.24, 2.45) is 0 Å². The van der Waals surface area contributed by atoms with Gasteiger partial charge in [0.1, 0.15) is 22.8 Å². The van der Waals surface area contributed by atoms with Crippen molar-refractivity contribution in [3.63, 3.8) is 0 Å². The Labute approximate surface area is 158 Å². The average Bonchev–Trinajstić information content (AvgIpc) is 3.11. The van der Waals surface area contributed by atoms with Gasteiger partial charge in [-0.3, -0.25) is 0 Å². The quantitative estimate of drug-likeness (QED) is 0.463. The van der Waals surface area contributed by atoms with Crippen molar-refractivity contribution in [2.45, 2.75) is 4.90 Å². The fraction of sp³-hybridized carbons (Fsp3) is 0.0667. The first-order chi connectivity index (χ1) is 12.9. The number of carboxylic acid groups (broad SMARTS) is 1. The molecule has 12 heteroatoms. The van der Waals surface area contributed by atoms with Crippen LogP contribution in [0.2, 0.25) is 0 Å². The Morgan fingerprint density at radius 2 is 1.85 bits per heavy atom. The van der Waals surface area contributed by atoms with E-state index in [1.807, 2.05) is 0 Å². The number of nitrogens with zero attached hydrogens (tertiary/aromatic N) is 3. The van der Waals surface area contributed by atoms with Gasteiger partial charge in [0.2, 0.25) is 10.0 Å². The normalized spacial score (nSPS) is 11.1. The highest BCUT2D eigenvalue weighted by Gasteiger charge is 2.12. The summed E-state index contributed by atoms with van der Waals surface area (Å²) in [5.74, 6) is -0.235. The minimum absolute atomic E-state index is 0.104. The highest BCUT2D eigenvalue weighted by Crippen LogP contribution is 2.24. The molecule has 2 aromatic heterocycles. The largest absolute Gasteiger partial charge is 0.477 e. The molecule has 0 atom stereocenters. The molecule has 0 unspecified atom stereocenters. The number of aromatic carboxylic acids is 1. The van der Waals surface area contributed by atoms with Crippen LogP contribution in [0, 0.1) is 0 Å². The van der Waals surface area contributed by atoms with Crippen molar-refractivity contribution in [1.29, 1.82) is 0 Å². The van der Waals surface area contributed by atoms with Gasteiger partial charge in [-0.05, 0) is 25.2 Å². The van der Waals surface area contributed by atoms with E-state index in [0.29, 0.717) is 22.5 Å². The molecule has 2 heterocycles. The van der Waals surface area contributed by atoms with Crippen LogP contribution in [0.5, 0.6) is 0 Å². The zero-order chi connectivity index (χ0) is 19.4. The van der Waals surface area contributed by atoms with E-state index in [1.54, 1.807) is 18.2 Å². The first kappa shape index (κ1) is 18.7. The van der Waals surface area contributed by atoms with E-state index in [2.05, 4.69) is 30.3 Å². The lowest BCUT2D eigenvalue weighted by Crippen LogP contribution is -2.18. The summed E-state index contributed by atoms with van der Waals surface area (Å²) >= 11 is 0.977. The van der Waals surface area contributed by atoms with E-state index in [-0.39, 0.29) is 9.77 Å². The third kappa shape index (κ3) is 4.55. The summed E-state index contributed by atoms with van der Waals surface area (Å²) in [5.41, 5.74) is 0.526. The monoisotopic (exact) mass is 406 g/mol. The third-order valence-electron chi connectivity index (χ3n) is 3.30. The van der Waals surface area contributed by atoms with Gasteiger partial charge in [-0.15, -0.1) is 0 Å². The molecule has 3 rings (SSSR count). The lowest BCUT2D eigenvalue weighted by atomic mass is 10.3. The molecular formula is C15H14N6O4S2. The standard InChI is InChI=1S/C15H14N6O4S2/c1-16-27(24,25)10-4-2-3-9(5-10)20-12-6-13(19-8-18-12)21-15-17-7-11(26-15)14(22)23/h2-8,16H,1H3,(H,22,23)(H2,17,18,19,20,21). The van der Waals surface area contributed by atoms with E-state index >= 15 is 0 Å². The number of sulfonamides is 1. The first-order valence-electron chi connectivity index (χ1n) is 7.46. The summed E-state index contributed by atoms with van der Waals surface area (Å²) in [6.07, 6.45) is 2.56. The third-order valence-corrected chi connectivity index (χ3v) is 5.62. The summed E-state index contributed by atoms with van der Waals surface area (Å²) in [4.78, 5) is 23.2. The van der Waals surface area contributed by atoms with Gasteiger partial charge in [0.15, 0.2) is 5.13 Å². The van der Waals surface area contributed by atoms with Gasteiger partial charge in [0.05, 0.1) is 11.1 Å². The van der Waals surface area contributed by atoms with Gasteiger partial charge >= 0.3 is 5.97 Å². The molecule has 0 saturated heterocycles. The maximum absolute atomic E-state index is 11.9. The summed E-state index contributed by atoms with van der Waals surface area (Å²) < 4.78 is 26.0. The summed E-state index contributed by atoms with van der Waals surface area (Å²) in [7, 11) is -2.22. The van der Waals surface area contributed by atoms with Gasteiger partial charge in [-0.25, -0.2) is 32.9 Å². The Morgan fingerprint density at radius 3 is 2.52 bits per heavy atom. The van der Waals surface area contributed by atoms with E-state index < -0.39 is 16.0 Å². The molecule has 0 bridgehead atoms. The molecule has 0 radical (unpaired) electrons. The van der Waals surface area contributed by atoms with Crippen molar-refractivity contribution < 1.29 is 18.3 Å². The maximum Gasteiger partial charge on any atom is 0.347 e. The van der Waals surface area contributed by atoms with Gasteiger partial charge in [0, 0.05) is 11.8 Å². The minimum Gasteiger partial charge on any atom is -0.477 e. The SMILES string of the molecule is CNS(=O)(=O)c1cccc(Nc2cc(Nc3ncc(C(=O)O)s3)ncn2)c1. The Bertz CT molecular complexity index is 1080. The fourth-order valence-corrected chi connectivity index (χ4v) is 3.48. The van der Waals surface area contributed by atoms with Gasteiger partial charge in [-0.1, -0.05) is 17.4 Å². The number of rotatable bonds is 7. The maximum atomic E-state index is 11.9. The molecule has 0 amide bonds. The fourth-order valence-electron chi connectivity index (χ4n) is 2.04. The number of carboxylic acids is 1. The number of thiazole rings is 1. The molecule has 3 aromatic rings. The highest BCUT2D eigenvalue weighted by molar-refractivity contribution is 7.89. The van der Waals surface area contributed by atoms with Gasteiger partial charge in [-0.2, -0.15) is 0 Å². The number of nitrogens with one attached hydrogen (secondary N) is 3. The van der Waals surface area contributed by atoms with Crippen LogP contribution in [0.4, 0.5) is 22.5 Å². The predicted octanol–water partition coefficient (Wildman–Crippen LogP) is 2.03. The van der Waals surface area contributed by atoms with Crippen LogP contribution >= 0.6 is 11.3 Å². The summed E-state index contributed by atoms with van der Waals surface area (Å²) in [6, 6.07) is 7.84. The Kier molecular flexibility index (Phi) is 5.30. The van der Waals surface area contributed by atoms with Crippen molar-refractivity contribution in [3.8, 4) is 0 Å². The molecule has 1 aromatic carbocycles. The molecule has 0 aliphatic heterocycles. The highest BCUT2D eigenvalue weighted by atomic mass is 32.2. The van der Waals surface area contributed by atoms with Crippen LogP contribution in [-0.2, 0) is 10.0 Å². The minimum atomic E-state index is -3.56. The number of anilines is 4. The van der Waals surface area contributed by atoms with Crippen molar-refractivity contribution >= 4 is 49.8 Å². The van der Waals surface area contributed by atoms with Crippen LogP contribution in [0.15, 0.2) is 47.8 Å². The number of hydrogen-bond acceptors (Lipinski definition) is 9. The van der Waals surface area contributed by atoms with Crippen molar-refractivity contribution in [1.82, 2.24) is 19.7 Å². The topological polar surface area (TPSA) is 146 Å². The van der Waals surface area contributed by atoms with Crippen LogP contribution in [0.1, 0.15) is 9.67 Å². The average molecular weight is 406 g/mol. The van der Waals surface area contributed by atoms with Crippen LogP contribution in [0.25, 0.3) is 0 Å². The van der Waals surface area contributed by atoms with E-state index in [9.17, 15) is 13.2 Å². The van der Waals surface area contributed by atoms with Gasteiger partial charge < -0.3 is 15.7 Å². The Hall–Kier alpha value is -3.09. The van der Waals surface area contributed by atoms with E-state index in [4.69, 9.17) is 5.11 Å². The predicted molar refractivity (Wildman–Crippen MR) is 100 cm³/mol. The second-order valence-corrected chi connectivity index (χ2v) is 8.03. The molecule has 0 fully saturated rings. The number of aromatic nitrogens is 3. The molecule has 27 heavy (non-hydrogen) atoms. The summed E-state index contributed by atoms with van der Waals surface area (Å²) in [6.45, 7) is 0. The lowest BCUT2D eigenvalue weighted by molar-refractivity contribution is 0.0702. The molecular weight excluding hydrogens is 392 g/mol. The van der Waals surface area contributed by atoms with E-state index in [1.165, 1.54) is 31.7 Å². The lowest BCUT2D eigenvalue weighted by Gasteiger charge is -2.09. The molecule has 0 saturated carbocycles. The molecule has 4 N–H and O–H groups in total. The van der Waals surface area contributed by atoms with E-state index in [0.717, 1.165) is 11.3 Å². The van der Waals surface area contributed by atoms with Crippen molar-refractivity contribution in [3.05, 3.63) is 47.7 Å². The number of benzene rings is 1. The molecule has 10 nitrogen and oxygen atoms in total. The second-order valence-electron chi connectivity index (χ2n) is 5.11. The smallest absolute Gasteiger partial charge is 0.347 e. The zero-order valence-corrected chi connectivity index (χ0v) is 15.5. The Morgan fingerprint density at radius 1 is 1.11 bits per heavy atom. The Balaban J connectivity index is 1.78. The molecule has 0 aliphatic carbocycles. The summed E-state index contributed by atoms with van der Waals surface area (Å²) in [5, 5.41) is 15.2. The van der Waals surface area contributed by atoms with Crippen molar-refractivity contribution in [2.75, 3.05) is 17.7 Å².